The summed E-state index contributed by atoms with van der Waals surface area (Å²) in [6.07, 6.45) is 3.20. The summed E-state index contributed by atoms with van der Waals surface area (Å²) in [5.74, 6) is -0.248. The van der Waals surface area contributed by atoms with Crippen molar-refractivity contribution in [2.24, 2.45) is 5.14 Å². The van der Waals surface area contributed by atoms with Crippen LogP contribution in [0.5, 0.6) is 0 Å². The van der Waals surface area contributed by atoms with Crippen LogP contribution >= 0.6 is 0 Å². The van der Waals surface area contributed by atoms with Gasteiger partial charge in [0.25, 0.3) is 0 Å². The highest BCUT2D eigenvalue weighted by Gasteiger charge is 2.37. The van der Waals surface area contributed by atoms with Crippen molar-refractivity contribution in [1.82, 2.24) is 4.98 Å². The van der Waals surface area contributed by atoms with Gasteiger partial charge in [-0.05, 0) is 0 Å². The van der Waals surface area contributed by atoms with Gasteiger partial charge >= 0.3 is 0 Å². The number of pyridine rings is 1. The zero-order chi connectivity index (χ0) is 14.3. The van der Waals surface area contributed by atoms with Gasteiger partial charge in [-0.25, -0.2) is 13.6 Å². The Kier molecular flexibility index (Phi) is 2.95. The molecule has 1 saturated heterocycles. The fraction of sp³-hybridized carbons (Fsp3) is 0.231. The molecule has 1 unspecified atom stereocenters. The van der Waals surface area contributed by atoms with Gasteiger partial charge in [-0.15, -0.1) is 0 Å². The number of rotatable bonds is 2. The maximum absolute atomic E-state index is 12.1. The van der Waals surface area contributed by atoms with Crippen molar-refractivity contribution in [1.29, 1.82) is 0 Å². The van der Waals surface area contributed by atoms with E-state index in [-0.39, 0.29) is 18.9 Å². The van der Waals surface area contributed by atoms with E-state index in [1.165, 1.54) is 4.90 Å². The lowest BCUT2D eigenvalue weighted by atomic mass is 10.1. The molecule has 1 amide bonds. The molecule has 2 N–H and O–H groups in total. The summed E-state index contributed by atoms with van der Waals surface area (Å²) in [6.45, 7) is 0.0767. The van der Waals surface area contributed by atoms with Gasteiger partial charge in [-0.1, -0.05) is 24.3 Å². The minimum atomic E-state index is -3.71. The molecule has 0 saturated carbocycles. The first-order valence-electron chi connectivity index (χ1n) is 6.11. The van der Waals surface area contributed by atoms with Crippen LogP contribution in [0.1, 0.15) is 6.42 Å². The van der Waals surface area contributed by atoms with Gasteiger partial charge in [0.15, 0.2) is 0 Å². The number of aromatic nitrogens is 1. The summed E-state index contributed by atoms with van der Waals surface area (Å²) in [6, 6.07) is 7.52. The van der Waals surface area contributed by atoms with Crippen LogP contribution in [0.4, 0.5) is 5.69 Å². The van der Waals surface area contributed by atoms with E-state index in [1.54, 1.807) is 12.4 Å². The molecule has 2 heterocycles. The second kappa shape index (κ2) is 4.53. The van der Waals surface area contributed by atoms with Gasteiger partial charge in [-0.3, -0.25) is 9.78 Å². The molecule has 1 aliphatic rings. The molecule has 0 radical (unpaired) electrons. The number of carbonyl (C=O) groups is 1. The number of hydrogen-bond donors (Lipinski definition) is 1. The van der Waals surface area contributed by atoms with Gasteiger partial charge in [-0.2, -0.15) is 0 Å². The number of nitrogens with zero attached hydrogens (tertiary/aromatic N) is 2. The molecule has 0 spiro atoms. The van der Waals surface area contributed by atoms with Crippen molar-refractivity contribution < 1.29 is 13.2 Å². The number of fused-ring (bicyclic) bond motifs is 1. The quantitative estimate of drug-likeness (QED) is 0.878. The minimum absolute atomic E-state index is 0.0767. The highest BCUT2D eigenvalue weighted by molar-refractivity contribution is 7.89. The van der Waals surface area contributed by atoms with Crippen molar-refractivity contribution in [2.75, 3.05) is 11.4 Å². The largest absolute Gasteiger partial charge is 0.309 e. The van der Waals surface area contributed by atoms with E-state index < -0.39 is 15.3 Å². The van der Waals surface area contributed by atoms with Crippen molar-refractivity contribution in [3.05, 3.63) is 36.7 Å². The van der Waals surface area contributed by atoms with Crippen LogP contribution in [-0.2, 0) is 14.8 Å². The number of carbonyl (C=O) groups excluding carboxylic acids is 1. The standard InChI is InChI=1S/C13H13N3O3S/c14-20(18,19)10-5-13(17)16(8-10)12-7-15-6-9-3-1-2-4-11(9)12/h1-4,6-7,10H,5,8H2,(H2,14,18,19). The lowest BCUT2D eigenvalue weighted by Gasteiger charge is -2.18. The Morgan fingerprint density at radius 2 is 2.00 bits per heavy atom. The predicted molar refractivity (Wildman–Crippen MR) is 75.6 cm³/mol. The normalized spacial score (nSPS) is 19.8. The Bertz CT molecular complexity index is 783. The fourth-order valence-corrected chi connectivity index (χ4v) is 3.18. The number of primary sulfonamides is 1. The monoisotopic (exact) mass is 291 g/mol. The predicted octanol–water partition coefficient (Wildman–Crippen LogP) is 0.629. The van der Waals surface area contributed by atoms with Crippen LogP contribution < -0.4 is 10.0 Å². The average Bonchev–Trinajstić information content (AvgIpc) is 2.80. The molecule has 104 valence electrons. The van der Waals surface area contributed by atoms with Crippen LogP contribution in [0.3, 0.4) is 0 Å². The lowest BCUT2D eigenvalue weighted by molar-refractivity contribution is -0.117. The van der Waals surface area contributed by atoms with Crippen molar-refractivity contribution in [2.45, 2.75) is 11.7 Å². The van der Waals surface area contributed by atoms with E-state index in [1.807, 2.05) is 24.3 Å². The molecule has 7 heteroatoms. The van der Waals surface area contributed by atoms with E-state index in [4.69, 9.17) is 5.14 Å². The summed E-state index contributed by atoms with van der Waals surface area (Å²) < 4.78 is 22.8. The number of amides is 1. The molecule has 1 fully saturated rings. The van der Waals surface area contributed by atoms with Crippen molar-refractivity contribution in [3.63, 3.8) is 0 Å². The number of benzene rings is 1. The number of hydrogen-bond acceptors (Lipinski definition) is 4. The zero-order valence-electron chi connectivity index (χ0n) is 10.6. The Morgan fingerprint density at radius 3 is 2.70 bits per heavy atom. The smallest absolute Gasteiger partial charge is 0.228 e. The number of anilines is 1. The molecule has 0 aliphatic carbocycles. The molecular weight excluding hydrogens is 278 g/mol. The summed E-state index contributed by atoms with van der Waals surface area (Å²) >= 11 is 0. The van der Waals surface area contributed by atoms with Gasteiger partial charge in [0, 0.05) is 29.9 Å². The van der Waals surface area contributed by atoms with Gasteiger partial charge in [0.05, 0.1) is 11.9 Å². The van der Waals surface area contributed by atoms with E-state index in [2.05, 4.69) is 4.98 Å². The third-order valence-corrected chi connectivity index (χ3v) is 4.74. The number of sulfonamides is 1. The van der Waals surface area contributed by atoms with E-state index in [9.17, 15) is 13.2 Å². The molecule has 1 aliphatic heterocycles. The third kappa shape index (κ3) is 2.14. The highest BCUT2D eigenvalue weighted by Crippen LogP contribution is 2.30. The maximum atomic E-state index is 12.1. The van der Waals surface area contributed by atoms with Crippen LogP contribution in [0, 0.1) is 0 Å². The molecule has 20 heavy (non-hydrogen) atoms. The SMILES string of the molecule is NS(=O)(=O)C1CC(=O)N(c2cncc3ccccc23)C1. The average molecular weight is 291 g/mol. The van der Waals surface area contributed by atoms with Crippen LogP contribution in [0.2, 0.25) is 0 Å². The Morgan fingerprint density at radius 1 is 1.25 bits per heavy atom. The van der Waals surface area contributed by atoms with Crippen LogP contribution in [0.15, 0.2) is 36.7 Å². The molecule has 1 aromatic carbocycles. The molecular formula is C13H13N3O3S. The zero-order valence-corrected chi connectivity index (χ0v) is 11.4. The summed E-state index contributed by atoms with van der Waals surface area (Å²) in [5, 5.41) is 6.05. The van der Waals surface area contributed by atoms with Gasteiger partial charge < -0.3 is 4.90 Å². The first kappa shape index (κ1) is 13.0. The summed E-state index contributed by atoms with van der Waals surface area (Å²) in [5.41, 5.74) is 0.624. The molecule has 2 aromatic rings. The molecule has 1 aromatic heterocycles. The second-order valence-corrected chi connectivity index (χ2v) is 6.64. The van der Waals surface area contributed by atoms with Gasteiger partial charge in [0.1, 0.15) is 5.25 Å². The highest BCUT2D eigenvalue weighted by atomic mass is 32.2. The number of nitrogens with two attached hydrogens (primary N) is 1. The Balaban J connectivity index is 2.06. The maximum Gasteiger partial charge on any atom is 0.228 e. The third-order valence-electron chi connectivity index (χ3n) is 3.49. The van der Waals surface area contributed by atoms with Gasteiger partial charge in [0.2, 0.25) is 15.9 Å². The van der Waals surface area contributed by atoms with Crippen LogP contribution in [0.25, 0.3) is 10.8 Å². The molecule has 6 nitrogen and oxygen atoms in total. The summed E-state index contributed by atoms with van der Waals surface area (Å²) in [7, 11) is -3.71. The van der Waals surface area contributed by atoms with Crippen molar-refractivity contribution >= 4 is 32.4 Å². The van der Waals surface area contributed by atoms with Crippen LogP contribution in [-0.4, -0.2) is 31.1 Å². The minimum Gasteiger partial charge on any atom is -0.309 e. The summed E-state index contributed by atoms with van der Waals surface area (Å²) in [4.78, 5) is 17.6. The fourth-order valence-electron chi connectivity index (χ4n) is 2.44. The topological polar surface area (TPSA) is 93.4 Å². The van der Waals surface area contributed by atoms with E-state index in [0.29, 0.717) is 5.69 Å². The van der Waals surface area contributed by atoms with E-state index in [0.717, 1.165) is 10.8 Å². The first-order chi connectivity index (χ1) is 9.47. The molecule has 1 atom stereocenters. The lowest BCUT2D eigenvalue weighted by Crippen LogP contribution is -2.32. The Hall–Kier alpha value is -1.99. The Labute approximate surface area is 116 Å². The van der Waals surface area contributed by atoms with Crippen molar-refractivity contribution in [3.8, 4) is 0 Å². The first-order valence-corrected chi connectivity index (χ1v) is 7.72. The molecule has 3 rings (SSSR count). The van der Waals surface area contributed by atoms with E-state index >= 15 is 0 Å². The second-order valence-electron chi connectivity index (χ2n) is 4.80. The molecule has 0 bridgehead atoms.